The summed E-state index contributed by atoms with van der Waals surface area (Å²) in [5.74, 6) is 0.958. The third-order valence-corrected chi connectivity index (χ3v) is 4.15. The minimum absolute atomic E-state index is 0.780. The van der Waals surface area contributed by atoms with Gasteiger partial charge in [0.25, 0.3) is 0 Å². The standard InChI is InChI=1S/C11H12N2S2/c1-8-4-2-3-5-9(8)7-14-11-13-6-10(12)15-11/h2-6H,7,12H2,1H3. The van der Waals surface area contributed by atoms with Gasteiger partial charge in [-0.15, -0.1) is 0 Å². The Bertz CT molecular complexity index is 451. The van der Waals surface area contributed by atoms with Gasteiger partial charge < -0.3 is 5.73 Å². The van der Waals surface area contributed by atoms with E-state index in [9.17, 15) is 0 Å². The maximum atomic E-state index is 5.62. The second-order valence-corrected chi connectivity index (χ2v) is 5.53. The van der Waals surface area contributed by atoms with E-state index in [-0.39, 0.29) is 0 Å². The van der Waals surface area contributed by atoms with E-state index in [1.165, 1.54) is 11.1 Å². The summed E-state index contributed by atoms with van der Waals surface area (Å²) in [5.41, 5.74) is 8.31. The van der Waals surface area contributed by atoms with Crippen LogP contribution < -0.4 is 5.73 Å². The number of aromatic nitrogens is 1. The molecule has 2 aromatic rings. The summed E-state index contributed by atoms with van der Waals surface area (Å²) in [7, 11) is 0. The zero-order valence-corrected chi connectivity index (χ0v) is 10.1. The van der Waals surface area contributed by atoms with Crippen LogP contribution >= 0.6 is 23.1 Å². The molecule has 0 aliphatic rings. The SMILES string of the molecule is Cc1ccccc1CSc1ncc(N)s1. The number of rotatable bonds is 3. The zero-order valence-electron chi connectivity index (χ0n) is 8.43. The molecule has 0 spiro atoms. The first kappa shape index (κ1) is 10.5. The summed E-state index contributed by atoms with van der Waals surface area (Å²) >= 11 is 3.28. The zero-order chi connectivity index (χ0) is 10.7. The number of nitrogens with two attached hydrogens (primary N) is 1. The number of anilines is 1. The number of hydrogen-bond acceptors (Lipinski definition) is 4. The molecule has 0 aliphatic carbocycles. The van der Waals surface area contributed by atoms with E-state index in [2.05, 4.69) is 36.2 Å². The highest BCUT2D eigenvalue weighted by atomic mass is 32.2. The average molecular weight is 236 g/mol. The molecule has 0 atom stereocenters. The van der Waals surface area contributed by atoms with E-state index in [4.69, 9.17) is 5.73 Å². The predicted molar refractivity (Wildman–Crippen MR) is 67.3 cm³/mol. The van der Waals surface area contributed by atoms with Crippen molar-refractivity contribution in [2.75, 3.05) is 5.73 Å². The van der Waals surface area contributed by atoms with Gasteiger partial charge in [-0.2, -0.15) is 0 Å². The Hall–Kier alpha value is -1.00. The monoisotopic (exact) mass is 236 g/mol. The van der Waals surface area contributed by atoms with Crippen LogP contribution in [0.3, 0.4) is 0 Å². The smallest absolute Gasteiger partial charge is 0.152 e. The quantitative estimate of drug-likeness (QED) is 0.831. The van der Waals surface area contributed by atoms with Crippen molar-refractivity contribution >= 4 is 28.1 Å². The van der Waals surface area contributed by atoms with Crippen LogP contribution in [0.4, 0.5) is 5.00 Å². The van der Waals surface area contributed by atoms with Crippen LogP contribution in [0.2, 0.25) is 0 Å². The van der Waals surface area contributed by atoms with Crippen molar-refractivity contribution in [2.24, 2.45) is 0 Å². The van der Waals surface area contributed by atoms with Crippen LogP contribution in [-0.4, -0.2) is 4.98 Å². The van der Waals surface area contributed by atoms with Crippen LogP contribution in [0.25, 0.3) is 0 Å². The lowest BCUT2D eigenvalue weighted by Gasteiger charge is -2.02. The van der Waals surface area contributed by atoms with Gasteiger partial charge in [0, 0.05) is 5.75 Å². The van der Waals surface area contributed by atoms with Gasteiger partial charge in [-0.25, -0.2) is 4.98 Å². The van der Waals surface area contributed by atoms with E-state index in [1.54, 1.807) is 29.3 Å². The van der Waals surface area contributed by atoms with Gasteiger partial charge in [-0.1, -0.05) is 47.4 Å². The molecular formula is C11H12N2S2. The summed E-state index contributed by atoms with van der Waals surface area (Å²) in [6.45, 7) is 2.13. The molecule has 1 heterocycles. The minimum Gasteiger partial charge on any atom is -0.389 e. The van der Waals surface area contributed by atoms with Crippen molar-refractivity contribution in [3.63, 3.8) is 0 Å². The van der Waals surface area contributed by atoms with Crippen molar-refractivity contribution in [3.05, 3.63) is 41.6 Å². The molecule has 0 radical (unpaired) electrons. The number of hydrogen-bond donors (Lipinski definition) is 1. The molecule has 0 saturated carbocycles. The summed E-state index contributed by atoms with van der Waals surface area (Å²) in [6, 6.07) is 8.41. The fourth-order valence-corrected chi connectivity index (χ4v) is 3.09. The molecule has 0 amide bonds. The van der Waals surface area contributed by atoms with Crippen LogP contribution in [0, 0.1) is 6.92 Å². The van der Waals surface area contributed by atoms with Crippen molar-refractivity contribution in [3.8, 4) is 0 Å². The molecule has 0 unspecified atom stereocenters. The number of benzene rings is 1. The molecule has 15 heavy (non-hydrogen) atoms. The predicted octanol–water partition coefficient (Wildman–Crippen LogP) is 3.33. The Morgan fingerprint density at radius 2 is 2.20 bits per heavy atom. The highest BCUT2D eigenvalue weighted by Gasteiger charge is 2.02. The molecule has 0 bridgehead atoms. The molecule has 0 fully saturated rings. The van der Waals surface area contributed by atoms with E-state index in [0.717, 1.165) is 15.1 Å². The molecular weight excluding hydrogens is 224 g/mol. The summed E-state index contributed by atoms with van der Waals surface area (Å²) < 4.78 is 1.04. The van der Waals surface area contributed by atoms with Crippen molar-refractivity contribution in [1.29, 1.82) is 0 Å². The van der Waals surface area contributed by atoms with Gasteiger partial charge in [0.2, 0.25) is 0 Å². The van der Waals surface area contributed by atoms with Crippen molar-refractivity contribution < 1.29 is 0 Å². The van der Waals surface area contributed by atoms with E-state index in [1.807, 2.05) is 0 Å². The lowest BCUT2D eigenvalue weighted by Crippen LogP contribution is -1.84. The Morgan fingerprint density at radius 1 is 1.40 bits per heavy atom. The molecule has 4 heteroatoms. The highest BCUT2D eigenvalue weighted by molar-refractivity contribution is 8.00. The highest BCUT2D eigenvalue weighted by Crippen LogP contribution is 2.28. The summed E-state index contributed by atoms with van der Waals surface area (Å²) in [6.07, 6.45) is 1.71. The van der Waals surface area contributed by atoms with Gasteiger partial charge in [0.1, 0.15) is 5.00 Å². The summed E-state index contributed by atoms with van der Waals surface area (Å²) in [5, 5.41) is 0.780. The van der Waals surface area contributed by atoms with Crippen LogP contribution in [0.5, 0.6) is 0 Å². The maximum Gasteiger partial charge on any atom is 0.152 e. The number of nitrogen functional groups attached to an aromatic ring is 1. The first-order valence-electron chi connectivity index (χ1n) is 4.64. The topological polar surface area (TPSA) is 38.9 Å². The molecule has 2 rings (SSSR count). The molecule has 0 saturated heterocycles. The normalized spacial score (nSPS) is 10.5. The molecule has 1 aromatic heterocycles. The fraction of sp³-hybridized carbons (Fsp3) is 0.182. The lowest BCUT2D eigenvalue weighted by molar-refractivity contribution is 1.24. The second kappa shape index (κ2) is 4.68. The third kappa shape index (κ3) is 2.73. The Labute approximate surface area is 97.5 Å². The number of thiazole rings is 1. The number of aryl methyl sites for hydroxylation is 1. The molecule has 2 N–H and O–H groups in total. The van der Waals surface area contributed by atoms with E-state index < -0.39 is 0 Å². The lowest BCUT2D eigenvalue weighted by atomic mass is 10.1. The molecule has 2 nitrogen and oxygen atoms in total. The maximum absolute atomic E-state index is 5.62. The van der Waals surface area contributed by atoms with E-state index >= 15 is 0 Å². The van der Waals surface area contributed by atoms with Gasteiger partial charge >= 0.3 is 0 Å². The first-order chi connectivity index (χ1) is 7.25. The summed E-state index contributed by atoms with van der Waals surface area (Å²) in [4.78, 5) is 4.22. The van der Waals surface area contributed by atoms with Crippen molar-refractivity contribution in [2.45, 2.75) is 17.0 Å². The van der Waals surface area contributed by atoms with Crippen LogP contribution in [0.15, 0.2) is 34.8 Å². The second-order valence-electron chi connectivity index (χ2n) is 3.24. The molecule has 78 valence electrons. The minimum atomic E-state index is 0.780. The Balaban J connectivity index is 2.02. The Kier molecular flexibility index (Phi) is 3.28. The van der Waals surface area contributed by atoms with Gasteiger partial charge in [0.05, 0.1) is 6.20 Å². The largest absolute Gasteiger partial charge is 0.389 e. The molecule has 0 aliphatic heterocycles. The van der Waals surface area contributed by atoms with Gasteiger partial charge in [-0.3, -0.25) is 0 Å². The van der Waals surface area contributed by atoms with E-state index in [0.29, 0.717) is 0 Å². The number of thioether (sulfide) groups is 1. The first-order valence-corrected chi connectivity index (χ1v) is 6.44. The van der Waals surface area contributed by atoms with Crippen LogP contribution in [-0.2, 0) is 5.75 Å². The third-order valence-electron chi connectivity index (χ3n) is 2.11. The molecule has 1 aromatic carbocycles. The Morgan fingerprint density at radius 3 is 2.87 bits per heavy atom. The van der Waals surface area contributed by atoms with Gasteiger partial charge in [0.15, 0.2) is 4.34 Å². The average Bonchev–Trinajstić information content (AvgIpc) is 2.63. The van der Waals surface area contributed by atoms with Crippen LogP contribution in [0.1, 0.15) is 11.1 Å². The van der Waals surface area contributed by atoms with Gasteiger partial charge in [-0.05, 0) is 18.1 Å². The van der Waals surface area contributed by atoms with Crippen molar-refractivity contribution in [1.82, 2.24) is 4.98 Å². The number of nitrogens with zero attached hydrogens (tertiary/aromatic N) is 1. The fourth-order valence-electron chi connectivity index (χ4n) is 1.25.